The third-order valence-corrected chi connectivity index (χ3v) is 3.11. The fourth-order valence-electron chi connectivity index (χ4n) is 1.53. The van der Waals surface area contributed by atoms with Crippen LogP contribution >= 0.6 is 11.3 Å². The van der Waals surface area contributed by atoms with E-state index in [0.717, 1.165) is 17.7 Å². The van der Waals surface area contributed by atoms with Crippen molar-refractivity contribution in [2.75, 3.05) is 13.7 Å². The first-order valence-electron chi connectivity index (χ1n) is 5.59. The van der Waals surface area contributed by atoms with E-state index in [0.29, 0.717) is 12.2 Å². The lowest BCUT2D eigenvalue weighted by atomic mass is 10.1. The van der Waals surface area contributed by atoms with Gasteiger partial charge in [-0.05, 0) is 24.1 Å². The van der Waals surface area contributed by atoms with Crippen molar-refractivity contribution in [3.8, 4) is 5.75 Å². The minimum Gasteiger partial charge on any atom is -0.497 e. The Hall–Kier alpha value is -1.88. The SMILES string of the molecule is COc1ccc(CCNC(=O)c2cscn2)cc1. The molecule has 1 heterocycles. The second kappa shape index (κ2) is 6.16. The van der Waals surface area contributed by atoms with Gasteiger partial charge in [-0.15, -0.1) is 11.3 Å². The molecule has 0 aliphatic carbocycles. The monoisotopic (exact) mass is 262 g/mol. The lowest BCUT2D eigenvalue weighted by molar-refractivity contribution is 0.0950. The molecule has 2 aromatic rings. The van der Waals surface area contributed by atoms with Crippen LogP contribution in [0.4, 0.5) is 0 Å². The van der Waals surface area contributed by atoms with Crippen LogP contribution in [0, 0.1) is 0 Å². The molecule has 1 N–H and O–H groups in total. The summed E-state index contributed by atoms with van der Waals surface area (Å²) in [6.45, 7) is 0.600. The number of nitrogens with zero attached hydrogens (tertiary/aromatic N) is 1. The molecule has 1 aromatic heterocycles. The Morgan fingerprint density at radius 2 is 2.17 bits per heavy atom. The van der Waals surface area contributed by atoms with Crippen molar-refractivity contribution in [3.63, 3.8) is 0 Å². The minimum atomic E-state index is -0.121. The van der Waals surface area contributed by atoms with Gasteiger partial charge >= 0.3 is 0 Å². The molecule has 4 nitrogen and oxygen atoms in total. The Morgan fingerprint density at radius 3 is 2.78 bits per heavy atom. The van der Waals surface area contributed by atoms with Crippen molar-refractivity contribution in [3.05, 3.63) is 46.4 Å². The van der Waals surface area contributed by atoms with Crippen molar-refractivity contribution >= 4 is 17.2 Å². The molecule has 5 heteroatoms. The van der Waals surface area contributed by atoms with Gasteiger partial charge in [-0.3, -0.25) is 4.79 Å². The maximum absolute atomic E-state index is 11.6. The average molecular weight is 262 g/mol. The smallest absolute Gasteiger partial charge is 0.270 e. The van der Waals surface area contributed by atoms with Gasteiger partial charge in [0.05, 0.1) is 12.6 Å². The number of carbonyl (C=O) groups is 1. The van der Waals surface area contributed by atoms with Gasteiger partial charge in [0.2, 0.25) is 0 Å². The first-order valence-corrected chi connectivity index (χ1v) is 6.53. The highest BCUT2D eigenvalue weighted by Gasteiger charge is 2.06. The Balaban J connectivity index is 1.79. The van der Waals surface area contributed by atoms with Crippen LogP contribution in [0.1, 0.15) is 16.1 Å². The van der Waals surface area contributed by atoms with Gasteiger partial charge in [0.15, 0.2) is 0 Å². The van der Waals surface area contributed by atoms with E-state index in [4.69, 9.17) is 4.74 Å². The Labute approximate surface area is 110 Å². The highest BCUT2D eigenvalue weighted by Crippen LogP contribution is 2.11. The predicted molar refractivity (Wildman–Crippen MR) is 71.1 cm³/mol. The molecule has 0 saturated heterocycles. The van der Waals surface area contributed by atoms with Crippen LogP contribution in [0.5, 0.6) is 5.75 Å². The van der Waals surface area contributed by atoms with Crippen molar-refractivity contribution in [2.24, 2.45) is 0 Å². The fraction of sp³-hybridized carbons (Fsp3) is 0.231. The molecule has 0 aliphatic heterocycles. The summed E-state index contributed by atoms with van der Waals surface area (Å²) in [7, 11) is 1.64. The normalized spacial score (nSPS) is 10.1. The van der Waals surface area contributed by atoms with Crippen molar-refractivity contribution in [2.45, 2.75) is 6.42 Å². The van der Waals surface area contributed by atoms with E-state index in [1.54, 1.807) is 18.0 Å². The van der Waals surface area contributed by atoms with E-state index in [2.05, 4.69) is 10.3 Å². The number of hydrogen-bond donors (Lipinski definition) is 1. The standard InChI is InChI=1S/C13H14N2O2S/c1-17-11-4-2-10(3-5-11)6-7-14-13(16)12-8-18-9-15-12/h2-5,8-9H,6-7H2,1H3,(H,14,16). The second-order valence-electron chi connectivity index (χ2n) is 3.73. The number of thiazole rings is 1. The summed E-state index contributed by atoms with van der Waals surface area (Å²) >= 11 is 1.42. The largest absolute Gasteiger partial charge is 0.497 e. The topological polar surface area (TPSA) is 51.2 Å². The average Bonchev–Trinajstić information content (AvgIpc) is 2.93. The molecule has 0 fully saturated rings. The summed E-state index contributed by atoms with van der Waals surface area (Å²) in [5.74, 6) is 0.718. The molecule has 0 aliphatic rings. The number of carbonyl (C=O) groups excluding carboxylic acids is 1. The van der Waals surface area contributed by atoms with Crippen molar-refractivity contribution in [1.29, 1.82) is 0 Å². The summed E-state index contributed by atoms with van der Waals surface area (Å²) in [5.41, 5.74) is 3.29. The maximum Gasteiger partial charge on any atom is 0.270 e. The molecular formula is C13H14N2O2S. The van der Waals surface area contributed by atoms with Crippen LogP contribution in [-0.4, -0.2) is 24.5 Å². The summed E-state index contributed by atoms with van der Waals surface area (Å²) < 4.78 is 5.08. The van der Waals surface area contributed by atoms with E-state index < -0.39 is 0 Å². The zero-order valence-electron chi connectivity index (χ0n) is 10.1. The van der Waals surface area contributed by atoms with Crippen LogP contribution in [0.25, 0.3) is 0 Å². The minimum absolute atomic E-state index is 0.121. The molecule has 18 heavy (non-hydrogen) atoms. The fourth-order valence-corrected chi connectivity index (χ4v) is 2.06. The zero-order valence-corrected chi connectivity index (χ0v) is 10.9. The third kappa shape index (κ3) is 3.30. The highest BCUT2D eigenvalue weighted by molar-refractivity contribution is 7.07. The van der Waals surface area contributed by atoms with Crippen molar-refractivity contribution in [1.82, 2.24) is 10.3 Å². The summed E-state index contributed by atoms with van der Waals surface area (Å²) in [5, 5.41) is 4.57. The number of nitrogens with one attached hydrogen (secondary N) is 1. The Kier molecular flexibility index (Phi) is 4.30. The second-order valence-corrected chi connectivity index (χ2v) is 4.45. The summed E-state index contributed by atoms with van der Waals surface area (Å²) in [6.07, 6.45) is 0.792. The van der Waals surface area contributed by atoms with E-state index in [1.807, 2.05) is 24.3 Å². The molecular weight excluding hydrogens is 248 g/mol. The van der Waals surface area contributed by atoms with Gasteiger partial charge in [0.25, 0.3) is 5.91 Å². The molecule has 1 amide bonds. The number of rotatable bonds is 5. The van der Waals surface area contributed by atoms with Gasteiger partial charge in [-0.2, -0.15) is 0 Å². The first kappa shape index (κ1) is 12.6. The van der Waals surface area contributed by atoms with Crippen LogP contribution in [0.3, 0.4) is 0 Å². The number of aromatic nitrogens is 1. The molecule has 0 unspecified atom stereocenters. The van der Waals surface area contributed by atoms with E-state index in [1.165, 1.54) is 11.3 Å². The molecule has 0 spiro atoms. The molecule has 0 atom stereocenters. The predicted octanol–water partition coefficient (Wildman–Crippen LogP) is 2.12. The van der Waals surface area contributed by atoms with Crippen LogP contribution in [-0.2, 0) is 6.42 Å². The van der Waals surface area contributed by atoms with Gasteiger partial charge in [-0.25, -0.2) is 4.98 Å². The summed E-state index contributed by atoms with van der Waals surface area (Å²) in [6, 6.07) is 7.82. The number of amides is 1. The molecule has 1 aromatic carbocycles. The van der Waals surface area contributed by atoms with Gasteiger partial charge in [-0.1, -0.05) is 12.1 Å². The molecule has 0 bridgehead atoms. The van der Waals surface area contributed by atoms with Crippen LogP contribution < -0.4 is 10.1 Å². The number of hydrogen-bond acceptors (Lipinski definition) is 4. The van der Waals surface area contributed by atoms with Crippen molar-refractivity contribution < 1.29 is 9.53 Å². The lowest BCUT2D eigenvalue weighted by Gasteiger charge is -2.04. The lowest BCUT2D eigenvalue weighted by Crippen LogP contribution is -2.25. The first-order chi connectivity index (χ1) is 8.79. The summed E-state index contributed by atoms with van der Waals surface area (Å²) in [4.78, 5) is 15.6. The van der Waals surface area contributed by atoms with Gasteiger partial charge in [0.1, 0.15) is 11.4 Å². The number of methoxy groups -OCH3 is 1. The quantitative estimate of drug-likeness (QED) is 0.898. The molecule has 0 saturated carbocycles. The molecule has 0 radical (unpaired) electrons. The highest BCUT2D eigenvalue weighted by atomic mass is 32.1. The van der Waals surface area contributed by atoms with Crippen LogP contribution in [0.15, 0.2) is 35.2 Å². The number of ether oxygens (including phenoxy) is 1. The van der Waals surface area contributed by atoms with Gasteiger partial charge in [0, 0.05) is 11.9 Å². The van der Waals surface area contributed by atoms with E-state index >= 15 is 0 Å². The van der Waals surface area contributed by atoms with E-state index in [-0.39, 0.29) is 5.91 Å². The Bertz CT molecular complexity index is 494. The molecule has 94 valence electrons. The number of benzene rings is 1. The maximum atomic E-state index is 11.6. The third-order valence-electron chi connectivity index (χ3n) is 2.52. The van der Waals surface area contributed by atoms with E-state index in [9.17, 15) is 4.79 Å². The Morgan fingerprint density at radius 1 is 1.39 bits per heavy atom. The molecule has 2 rings (SSSR count). The van der Waals surface area contributed by atoms with Crippen LogP contribution in [0.2, 0.25) is 0 Å². The van der Waals surface area contributed by atoms with Gasteiger partial charge < -0.3 is 10.1 Å². The zero-order chi connectivity index (χ0) is 12.8.